The van der Waals surface area contributed by atoms with Crippen LogP contribution in [0.15, 0.2) is 12.7 Å². The van der Waals surface area contributed by atoms with Gasteiger partial charge in [-0.15, -0.1) is 0 Å². The van der Waals surface area contributed by atoms with Crippen LogP contribution in [0, 0.1) is 0 Å². The highest BCUT2D eigenvalue weighted by atomic mass is 16.3. The number of imidazole rings is 1. The Bertz CT molecular complexity index is 600. The summed E-state index contributed by atoms with van der Waals surface area (Å²) in [4.78, 5) is 12.5. The van der Waals surface area contributed by atoms with E-state index >= 15 is 0 Å². The van der Waals surface area contributed by atoms with Gasteiger partial charge in [0.25, 0.3) is 0 Å². The Morgan fingerprint density at radius 3 is 2.74 bits per heavy atom. The molecule has 1 saturated carbocycles. The Morgan fingerprint density at radius 1 is 1.32 bits per heavy atom. The SMILES string of the molecule is CNc1ncnc2c1ncn2[C@H]1C[C@@H](N)[C@H](O)[C@@H]1O. The summed E-state index contributed by atoms with van der Waals surface area (Å²) in [6.07, 6.45) is 1.67. The van der Waals surface area contributed by atoms with Gasteiger partial charge in [0.15, 0.2) is 11.5 Å². The smallest absolute Gasteiger partial charge is 0.165 e. The van der Waals surface area contributed by atoms with Crippen LogP contribution >= 0.6 is 0 Å². The van der Waals surface area contributed by atoms with Crippen LogP contribution in [-0.4, -0.2) is 55.0 Å². The van der Waals surface area contributed by atoms with Crippen molar-refractivity contribution in [1.29, 1.82) is 0 Å². The van der Waals surface area contributed by atoms with Crippen molar-refractivity contribution in [2.45, 2.75) is 30.7 Å². The molecule has 0 aliphatic heterocycles. The monoisotopic (exact) mass is 264 g/mol. The third-order valence-electron chi connectivity index (χ3n) is 3.65. The number of nitrogens with two attached hydrogens (primary N) is 1. The fraction of sp³-hybridized carbons (Fsp3) is 0.545. The molecule has 2 heterocycles. The summed E-state index contributed by atoms with van der Waals surface area (Å²) in [5, 5.41) is 22.7. The zero-order valence-electron chi connectivity index (χ0n) is 10.4. The summed E-state index contributed by atoms with van der Waals surface area (Å²) < 4.78 is 1.75. The van der Waals surface area contributed by atoms with Crippen molar-refractivity contribution in [3.05, 3.63) is 12.7 Å². The van der Waals surface area contributed by atoms with Gasteiger partial charge < -0.3 is 25.8 Å². The minimum atomic E-state index is -0.923. The number of aliphatic hydroxyl groups is 2. The quantitative estimate of drug-likeness (QED) is 0.541. The maximum atomic E-state index is 10.0. The van der Waals surface area contributed by atoms with Crippen LogP contribution in [-0.2, 0) is 0 Å². The van der Waals surface area contributed by atoms with Crippen LogP contribution in [0.1, 0.15) is 12.5 Å². The van der Waals surface area contributed by atoms with E-state index in [1.54, 1.807) is 17.9 Å². The van der Waals surface area contributed by atoms with Gasteiger partial charge in [-0.25, -0.2) is 15.0 Å². The number of aliphatic hydroxyl groups excluding tert-OH is 2. The summed E-state index contributed by atoms with van der Waals surface area (Å²) in [6.45, 7) is 0. The minimum absolute atomic E-state index is 0.324. The second kappa shape index (κ2) is 4.41. The fourth-order valence-electron chi connectivity index (χ4n) is 2.59. The standard InChI is InChI=1S/C11H16N6O2/c1-13-10-7-11(15-3-14-10)17(4-16-7)6-2-5(12)8(18)9(6)19/h3-6,8-9,18-19H,2,12H2,1H3,(H,13,14,15)/t5-,6+,8+,9-/m1/s1. The van der Waals surface area contributed by atoms with Crippen molar-refractivity contribution >= 4 is 17.0 Å². The summed E-state index contributed by atoms with van der Waals surface area (Å²) in [6, 6.07) is -0.766. The molecular formula is C11H16N6O2. The first kappa shape index (κ1) is 12.3. The molecule has 0 saturated heterocycles. The number of aromatic nitrogens is 4. The molecule has 4 atom stereocenters. The van der Waals surface area contributed by atoms with Crippen LogP contribution in [0.4, 0.5) is 5.82 Å². The first-order chi connectivity index (χ1) is 9.13. The van der Waals surface area contributed by atoms with Crippen molar-refractivity contribution < 1.29 is 10.2 Å². The van der Waals surface area contributed by atoms with E-state index in [1.165, 1.54) is 6.33 Å². The van der Waals surface area contributed by atoms with Gasteiger partial charge >= 0.3 is 0 Å². The van der Waals surface area contributed by atoms with E-state index in [4.69, 9.17) is 5.73 Å². The summed E-state index contributed by atoms with van der Waals surface area (Å²) in [5.74, 6) is 0.626. The molecule has 1 aliphatic carbocycles. The van der Waals surface area contributed by atoms with Gasteiger partial charge in [-0.05, 0) is 6.42 Å². The number of rotatable bonds is 2. The molecule has 0 bridgehead atoms. The van der Waals surface area contributed by atoms with Gasteiger partial charge in [-0.2, -0.15) is 0 Å². The molecular weight excluding hydrogens is 248 g/mol. The van der Waals surface area contributed by atoms with Crippen molar-refractivity contribution in [1.82, 2.24) is 19.5 Å². The third-order valence-corrected chi connectivity index (χ3v) is 3.65. The second-order valence-corrected chi connectivity index (χ2v) is 4.74. The highest BCUT2D eigenvalue weighted by Crippen LogP contribution is 2.32. The highest BCUT2D eigenvalue weighted by Gasteiger charge is 2.41. The molecule has 102 valence electrons. The van der Waals surface area contributed by atoms with Crippen LogP contribution < -0.4 is 11.1 Å². The second-order valence-electron chi connectivity index (χ2n) is 4.74. The maximum Gasteiger partial charge on any atom is 0.165 e. The van der Waals surface area contributed by atoms with Crippen LogP contribution in [0.25, 0.3) is 11.2 Å². The van der Waals surface area contributed by atoms with E-state index in [-0.39, 0.29) is 6.04 Å². The van der Waals surface area contributed by atoms with Crippen LogP contribution in [0.5, 0.6) is 0 Å². The Labute approximate surface area is 109 Å². The van der Waals surface area contributed by atoms with Crippen molar-refractivity contribution in [2.24, 2.45) is 5.73 Å². The number of nitrogens with zero attached hydrogens (tertiary/aromatic N) is 4. The van der Waals surface area contributed by atoms with Crippen molar-refractivity contribution in [3.8, 4) is 0 Å². The molecule has 0 radical (unpaired) electrons. The normalized spacial score (nSPS) is 30.9. The van der Waals surface area contributed by atoms with Gasteiger partial charge in [0, 0.05) is 13.1 Å². The topological polar surface area (TPSA) is 122 Å². The fourth-order valence-corrected chi connectivity index (χ4v) is 2.59. The Balaban J connectivity index is 2.07. The molecule has 2 aromatic rings. The number of anilines is 1. The number of nitrogens with one attached hydrogen (secondary N) is 1. The average Bonchev–Trinajstić information content (AvgIpc) is 2.95. The van der Waals surface area contributed by atoms with E-state index in [0.29, 0.717) is 23.4 Å². The van der Waals surface area contributed by atoms with Crippen LogP contribution in [0.3, 0.4) is 0 Å². The van der Waals surface area contributed by atoms with Gasteiger partial charge in [-0.3, -0.25) is 0 Å². The number of hydrogen-bond donors (Lipinski definition) is 4. The molecule has 0 unspecified atom stereocenters. The lowest BCUT2D eigenvalue weighted by Crippen LogP contribution is -2.35. The number of fused-ring (bicyclic) bond motifs is 1. The maximum absolute atomic E-state index is 10.0. The predicted molar refractivity (Wildman–Crippen MR) is 68.5 cm³/mol. The van der Waals surface area contributed by atoms with Gasteiger partial charge in [0.1, 0.15) is 17.9 Å². The average molecular weight is 264 g/mol. The molecule has 8 nitrogen and oxygen atoms in total. The first-order valence-electron chi connectivity index (χ1n) is 6.10. The van der Waals surface area contributed by atoms with Crippen molar-refractivity contribution in [2.75, 3.05) is 12.4 Å². The lowest BCUT2D eigenvalue weighted by Gasteiger charge is -2.17. The zero-order chi connectivity index (χ0) is 13.6. The minimum Gasteiger partial charge on any atom is -0.389 e. The van der Waals surface area contributed by atoms with Gasteiger partial charge in [0.2, 0.25) is 0 Å². The molecule has 1 fully saturated rings. The molecule has 19 heavy (non-hydrogen) atoms. The summed E-state index contributed by atoms with van der Waals surface area (Å²) in [5.41, 5.74) is 7.02. The lowest BCUT2D eigenvalue weighted by atomic mass is 10.2. The van der Waals surface area contributed by atoms with Crippen molar-refractivity contribution in [3.63, 3.8) is 0 Å². The van der Waals surface area contributed by atoms with E-state index < -0.39 is 18.2 Å². The molecule has 5 N–H and O–H groups in total. The molecule has 0 aromatic carbocycles. The molecule has 2 aromatic heterocycles. The lowest BCUT2D eigenvalue weighted by molar-refractivity contribution is 0.0187. The van der Waals surface area contributed by atoms with Gasteiger partial charge in [0.05, 0.1) is 18.5 Å². The van der Waals surface area contributed by atoms with E-state index in [9.17, 15) is 10.2 Å². The highest BCUT2D eigenvalue weighted by molar-refractivity contribution is 5.82. The molecule has 8 heteroatoms. The molecule has 0 amide bonds. The van der Waals surface area contributed by atoms with E-state index in [0.717, 1.165) is 0 Å². The number of hydrogen-bond acceptors (Lipinski definition) is 7. The van der Waals surface area contributed by atoms with E-state index in [1.807, 2.05) is 0 Å². The third kappa shape index (κ3) is 1.76. The van der Waals surface area contributed by atoms with Gasteiger partial charge in [-0.1, -0.05) is 0 Å². The van der Waals surface area contributed by atoms with E-state index in [2.05, 4.69) is 20.3 Å². The Hall–Kier alpha value is -1.77. The predicted octanol–water partition coefficient (Wildman–Crippen LogP) is -1.14. The molecule has 1 aliphatic rings. The first-order valence-corrected chi connectivity index (χ1v) is 6.10. The Morgan fingerprint density at radius 2 is 2.11 bits per heavy atom. The summed E-state index contributed by atoms with van der Waals surface area (Å²) in [7, 11) is 1.75. The largest absolute Gasteiger partial charge is 0.389 e. The Kier molecular flexibility index (Phi) is 2.85. The molecule has 0 spiro atoms. The molecule has 3 rings (SSSR count). The van der Waals surface area contributed by atoms with Crippen LogP contribution in [0.2, 0.25) is 0 Å². The zero-order valence-corrected chi connectivity index (χ0v) is 10.4. The summed E-state index contributed by atoms with van der Waals surface area (Å²) >= 11 is 0.